The molecule has 2 rings (SSSR count). The first-order valence-corrected chi connectivity index (χ1v) is 4.31. The first-order chi connectivity index (χ1) is 7.20. The Morgan fingerprint density at radius 2 is 2.40 bits per heavy atom. The zero-order chi connectivity index (χ0) is 10.8. The second kappa shape index (κ2) is 3.68. The van der Waals surface area contributed by atoms with Crippen LogP contribution in [0.2, 0.25) is 0 Å². The summed E-state index contributed by atoms with van der Waals surface area (Å²) >= 11 is 0. The SMILES string of the molecule is COC(=O)Cc1noc2cc(F)ccc12. The lowest BCUT2D eigenvalue weighted by atomic mass is 10.2. The highest BCUT2D eigenvalue weighted by molar-refractivity contribution is 5.84. The summed E-state index contributed by atoms with van der Waals surface area (Å²) in [6.07, 6.45) is 0.0229. The van der Waals surface area contributed by atoms with Gasteiger partial charge in [-0.2, -0.15) is 0 Å². The number of halogens is 1. The molecular formula is C10H8FNO3. The molecule has 0 spiro atoms. The first-order valence-electron chi connectivity index (χ1n) is 4.31. The van der Waals surface area contributed by atoms with Gasteiger partial charge in [0.25, 0.3) is 0 Å². The molecule has 4 nitrogen and oxygen atoms in total. The molecule has 2 aromatic rings. The molecule has 0 fully saturated rings. The van der Waals surface area contributed by atoms with Crippen molar-refractivity contribution in [3.63, 3.8) is 0 Å². The fourth-order valence-electron chi connectivity index (χ4n) is 1.30. The maximum absolute atomic E-state index is 12.8. The van der Waals surface area contributed by atoms with Crippen LogP contribution in [0.15, 0.2) is 22.7 Å². The zero-order valence-corrected chi connectivity index (χ0v) is 7.99. The molecule has 0 aliphatic carbocycles. The van der Waals surface area contributed by atoms with Gasteiger partial charge in [0.1, 0.15) is 11.5 Å². The normalized spacial score (nSPS) is 10.5. The lowest BCUT2D eigenvalue weighted by Crippen LogP contribution is -2.04. The molecule has 1 aromatic carbocycles. The van der Waals surface area contributed by atoms with Crippen molar-refractivity contribution in [3.05, 3.63) is 29.7 Å². The van der Waals surface area contributed by atoms with Crippen LogP contribution in [0.3, 0.4) is 0 Å². The number of aromatic nitrogens is 1. The fourth-order valence-corrected chi connectivity index (χ4v) is 1.30. The molecule has 0 unspecified atom stereocenters. The summed E-state index contributed by atoms with van der Waals surface area (Å²) in [5, 5.41) is 4.31. The number of hydrogen-bond acceptors (Lipinski definition) is 4. The molecule has 0 aliphatic rings. The van der Waals surface area contributed by atoms with Crippen molar-refractivity contribution in [2.24, 2.45) is 0 Å². The van der Waals surface area contributed by atoms with Crippen molar-refractivity contribution in [3.8, 4) is 0 Å². The quantitative estimate of drug-likeness (QED) is 0.706. The second-order valence-corrected chi connectivity index (χ2v) is 3.02. The van der Waals surface area contributed by atoms with Gasteiger partial charge in [0.05, 0.1) is 13.5 Å². The first kappa shape index (κ1) is 9.64. The highest BCUT2D eigenvalue weighted by Crippen LogP contribution is 2.19. The Bertz CT molecular complexity index is 506. The van der Waals surface area contributed by atoms with Gasteiger partial charge in [0.15, 0.2) is 5.58 Å². The highest BCUT2D eigenvalue weighted by atomic mass is 19.1. The Kier molecular flexibility index (Phi) is 2.37. The summed E-state index contributed by atoms with van der Waals surface area (Å²) in [6, 6.07) is 4.04. The molecule has 15 heavy (non-hydrogen) atoms. The second-order valence-electron chi connectivity index (χ2n) is 3.02. The summed E-state index contributed by atoms with van der Waals surface area (Å²) in [5.74, 6) is -0.808. The van der Waals surface area contributed by atoms with E-state index in [0.29, 0.717) is 16.7 Å². The number of nitrogens with zero attached hydrogens (tertiary/aromatic N) is 1. The van der Waals surface area contributed by atoms with E-state index < -0.39 is 11.8 Å². The summed E-state index contributed by atoms with van der Waals surface area (Å²) < 4.78 is 22.2. The Morgan fingerprint density at radius 3 is 3.13 bits per heavy atom. The standard InChI is InChI=1S/C10H8FNO3/c1-14-10(13)5-8-7-3-2-6(11)4-9(7)15-12-8/h2-4H,5H2,1H3. The van der Waals surface area contributed by atoms with Gasteiger partial charge in [-0.25, -0.2) is 4.39 Å². The Labute approximate surface area is 84.6 Å². The molecular weight excluding hydrogens is 201 g/mol. The largest absolute Gasteiger partial charge is 0.469 e. The molecule has 0 N–H and O–H groups in total. The lowest BCUT2D eigenvalue weighted by Gasteiger charge is -1.94. The van der Waals surface area contributed by atoms with Crippen molar-refractivity contribution in [1.82, 2.24) is 5.16 Å². The van der Waals surface area contributed by atoms with Crippen molar-refractivity contribution in [1.29, 1.82) is 0 Å². The van der Waals surface area contributed by atoms with E-state index in [1.807, 2.05) is 0 Å². The van der Waals surface area contributed by atoms with Crippen molar-refractivity contribution in [2.45, 2.75) is 6.42 Å². The number of rotatable bonds is 2. The minimum atomic E-state index is -0.408. The van der Waals surface area contributed by atoms with Crippen LogP contribution in [-0.4, -0.2) is 18.2 Å². The molecule has 0 radical (unpaired) electrons. The van der Waals surface area contributed by atoms with Crippen LogP contribution in [0.1, 0.15) is 5.69 Å². The topological polar surface area (TPSA) is 52.3 Å². The summed E-state index contributed by atoms with van der Waals surface area (Å²) in [5.41, 5.74) is 0.783. The number of ether oxygens (including phenoxy) is 1. The van der Waals surface area contributed by atoms with Crippen LogP contribution in [-0.2, 0) is 16.0 Å². The van der Waals surface area contributed by atoms with E-state index in [0.717, 1.165) is 0 Å². The minimum Gasteiger partial charge on any atom is -0.469 e. The monoisotopic (exact) mass is 209 g/mol. The number of carbonyl (C=O) groups excluding carboxylic acids is 1. The fraction of sp³-hybridized carbons (Fsp3) is 0.200. The van der Waals surface area contributed by atoms with Crippen LogP contribution in [0.25, 0.3) is 11.0 Å². The van der Waals surface area contributed by atoms with Gasteiger partial charge < -0.3 is 9.26 Å². The van der Waals surface area contributed by atoms with Crippen LogP contribution >= 0.6 is 0 Å². The van der Waals surface area contributed by atoms with Crippen molar-refractivity contribution in [2.75, 3.05) is 7.11 Å². The minimum absolute atomic E-state index is 0.0229. The lowest BCUT2D eigenvalue weighted by molar-refractivity contribution is -0.139. The summed E-state index contributed by atoms with van der Waals surface area (Å²) in [6.45, 7) is 0. The third-order valence-electron chi connectivity index (χ3n) is 2.05. The molecule has 1 heterocycles. The van der Waals surface area contributed by atoms with Crippen LogP contribution in [0.4, 0.5) is 4.39 Å². The highest BCUT2D eigenvalue weighted by Gasteiger charge is 2.12. The van der Waals surface area contributed by atoms with E-state index in [9.17, 15) is 9.18 Å². The maximum Gasteiger partial charge on any atom is 0.311 e. The number of hydrogen-bond donors (Lipinski definition) is 0. The molecule has 0 bridgehead atoms. The predicted octanol–water partition coefficient (Wildman–Crippen LogP) is 1.68. The molecule has 78 valence electrons. The van der Waals surface area contributed by atoms with E-state index in [1.54, 1.807) is 0 Å². The number of benzene rings is 1. The van der Waals surface area contributed by atoms with Gasteiger partial charge in [0, 0.05) is 11.5 Å². The van der Waals surface area contributed by atoms with Gasteiger partial charge in [-0.15, -0.1) is 0 Å². The zero-order valence-electron chi connectivity index (χ0n) is 7.99. The molecule has 5 heteroatoms. The van der Waals surface area contributed by atoms with E-state index in [-0.39, 0.29) is 6.42 Å². The third-order valence-corrected chi connectivity index (χ3v) is 2.05. The van der Waals surface area contributed by atoms with Gasteiger partial charge in [-0.3, -0.25) is 4.79 Å². The van der Waals surface area contributed by atoms with E-state index in [4.69, 9.17) is 4.52 Å². The summed E-state index contributed by atoms with van der Waals surface area (Å²) in [4.78, 5) is 11.0. The Hall–Kier alpha value is -1.91. The average molecular weight is 209 g/mol. The maximum atomic E-state index is 12.8. The van der Waals surface area contributed by atoms with Crippen LogP contribution in [0.5, 0.6) is 0 Å². The van der Waals surface area contributed by atoms with Gasteiger partial charge >= 0.3 is 5.97 Å². The van der Waals surface area contributed by atoms with Crippen LogP contribution < -0.4 is 0 Å². The van der Waals surface area contributed by atoms with E-state index >= 15 is 0 Å². The van der Waals surface area contributed by atoms with Gasteiger partial charge in [-0.1, -0.05) is 5.16 Å². The molecule has 1 aromatic heterocycles. The molecule has 0 atom stereocenters. The van der Waals surface area contributed by atoms with Crippen molar-refractivity contribution < 1.29 is 18.4 Å². The Morgan fingerprint density at radius 1 is 1.60 bits per heavy atom. The van der Waals surface area contributed by atoms with Crippen LogP contribution in [0, 0.1) is 5.82 Å². The van der Waals surface area contributed by atoms with Gasteiger partial charge in [0.2, 0.25) is 0 Å². The Balaban J connectivity index is 2.41. The molecule has 0 amide bonds. The number of methoxy groups -OCH3 is 1. The molecule has 0 saturated heterocycles. The van der Waals surface area contributed by atoms with Crippen molar-refractivity contribution >= 4 is 16.9 Å². The smallest absolute Gasteiger partial charge is 0.311 e. The van der Waals surface area contributed by atoms with E-state index in [1.165, 1.54) is 25.3 Å². The number of carbonyl (C=O) groups is 1. The number of fused-ring (bicyclic) bond motifs is 1. The molecule has 0 saturated carbocycles. The predicted molar refractivity (Wildman–Crippen MR) is 49.7 cm³/mol. The average Bonchev–Trinajstić information content (AvgIpc) is 2.60. The van der Waals surface area contributed by atoms with E-state index in [2.05, 4.69) is 9.89 Å². The third kappa shape index (κ3) is 1.81. The van der Waals surface area contributed by atoms with Gasteiger partial charge in [-0.05, 0) is 12.1 Å². The number of esters is 1. The summed E-state index contributed by atoms with van der Waals surface area (Å²) in [7, 11) is 1.30. The molecule has 0 aliphatic heterocycles.